The van der Waals surface area contributed by atoms with E-state index in [2.05, 4.69) is 10.6 Å². The highest BCUT2D eigenvalue weighted by Crippen LogP contribution is 2.27. The summed E-state index contributed by atoms with van der Waals surface area (Å²) in [6.45, 7) is 0.562. The lowest BCUT2D eigenvalue weighted by atomic mass is 10.1. The Balaban J connectivity index is 1.81. The van der Waals surface area contributed by atoms with Crippen molar-refractivity contribution in [1.82, 2.24) is 5.32 Å². The fourth-order valence-corrected chi connectivity index (χ4v) is 3.06. The first-order chi connectivity index (χ1) is 11.6. The highest BCUT2D eigenvalue weighted by atomic mass is 32.2. The summed E-state index contributed by atoms with van der Waals surface area (Å²) in [5.41, 5.74) is 7.05. The van der Waals surface area contributed by atoms with Crippen LogP contribution in [0.15, 0.2) is 59.5 Å². The van der Waals surface area contributed by atoms with Crippen LogP contribution in [0, 0.1) is 0 Å². The number of nitrogens with two attached hydrogens (primary N) is 1. The molecule has 0 aliphatic rings. The van der Waals surface area contributed by atoms with Crippen molar-refractivity contribution in [2.75, 3.05) is 17.6 Å². The lowest BCUT2D eigenvalue weighted by Crippen LogP contribution is -2.30. The highest BCUT2D eigenvalue weighted by Gasteiger charge is 2.07. The number of amides is 3. The highest BCUT2D eigenvalue weighted by molar-refractivity contribution is 7.99. The maximum Gasteiger partial charge on any atom is 0.319 e. The Bertz CT molecular complexity index is 677. The van der Waals surface area contributed by atoms with Crippen LogP contribution >= 0.6 is 11.8 Å². The van der Waals surface area contributed by atoms with Crippen molar-refractivity contribution < 1.29 is 9.59 Å². The Morgan fingerprint density at radius 1 is 1.00 bits per heavy atom. The van der Waals surface area contributed by atoms with E-state index >= 15 is 0 Å². The van der Waals surface area contributed by atoms with Crippen molar-refractivity contribution in [3.8, 4) is 0 Å². The molecular weight excluding hydrogens is 322 g/mol. The number of benzene rings is 2. The van der Waals surface area contributed by atoms with E-state index in [-0.39, 0.29) is 11.9 Å². The average molecular weight is 343 g/mol. The second-order valence-corrected chi connectivity index (χ2v) is 6.31. The van der Waals surface area contributed by atoms with Crippen LogP contribution in [0.1, 0.15) is 12.0 Å². The van der Waals surface area contributed by atoms with E-state index in [4.69, 9.17) is 5.73 Å². The molecule has 0 unspecified atom stereocenters. The van der Waals surface area contributed by atoms with Gasteiger partial charge in [-0.15, -0.1) is 11.8 Å². The zero-order valence-electron chi connectivity index (χ0n) is 13.3. The van der Waals surface area contributed by atoms with Crippen molar-refractivity contribution in [3.05, 3.63) is 60.2 Å². The van der Waals surface area contributed by atoms with Gasteiger partial charge in [-0.3, -0.25) is 4.79 Å². The SMILES string of the molecule is NC(=O)CCSc1ccccc1NC(=O)NCCc1ccccc1. The molecular formula is C18H21N3O2S. The number of rotatable bonds is 8. The Morgan fingerprint density at radius 2 is 1.71 bits per heavy atom. The van der Waals surface area contributed by atoms with Gasteiger partial charge in [0, 0.05) is 23.6 Å². The molecule has 0 aliphatic heterocycles. The number of primary amides is 1. The molecule has 0 bridgehead atoms. The second-order valence-electron chi connectivity index (χ2n) is 5.18. The van der Waals surface area contributed by atoms with Crippen LogP contribution < -0.4 is 16.4 Å². The zero-order valence-corrected chi connectivity index (χ0v) is 14.1. The van der Waals surface area contributed by atoms with E-state index in [1.807, 2.05) is 54.6 Å². The third-order valence-corrected chi connectivity index (χ3v) is 4.36. The number of anilines is 1. The third kappa shape index (κ3) is 6.34. The van der Waals surface area contributed by atoms with E-state index in [0.717, 1.165) is 17.0 Å². The topological polar surface area (TPSA) is 84.2 Å². The van der Waals surface area contributed by atoms with E-state index in [9.17, 15) is 9.59 Å². The number of thioether (sulfide) groups is 1. The van der Waals surface area contributed by atoms with Crippen molar-refractivity contribution in [1.29, 1.82) is 0 Å². The van der Waals surface area contributed by atoms with E-state index in [1.165, 1.54) is 17.3 Å². The maximum atomic E-state index is 12.0. The number of urea groups is 1. The van der Waals surface area contributed by atoms with Crippen LogP contribution in [0.4, 0.5) is 10.5 Å². The molecule has 0 heterocycles. The number of carbonyl (C=O) groups is 2. The number of para-hydroxylation sites is 1. The van der Waals surface area contributed by atoms with Gasteiger partial charge in [0.2, 0.25) is 5.91 Å². The van der Waals surface area contributed by atoms with Gasteiger partial charge in [-0.2, -0.15) is 0 Å². The van der Waals surface area contributed by atoms with Crippen LogP contribution in [-0.2, 0) is 11.2 Å². The monoisotopic (exact) mass is 343 g/mol. The summed E-state index contributed by atoms with van der Waals surface area (Å²) in [6.07, 6.45) is 1.09. The predicted octanol–water partition coefficient (Wildman–Crippen LogP) is 3.02. The van der Waals surface area contributed by atoms with Crippen molar-refractivity contribution in [2.45, 2.75) is 17.7 Å². The molecule has 2 aromatic carbocycles. The number of nitrogens with one attached hydrogen (secondary N) is 2. The first kappa shape index (κ1) is 17.9. The smallest absolute Gasteiger partial charge is 0.319 e. The molecule has 0 saturated carbocycles. The van der Waals surface area contributed by atoms with Crippen molar-refractivity contribution in [2.24, 2.45) is 5.73 Å². The fraction of sp³-hybridized carbons (Fsp3) is 0.222. The molecule has 0 aromatic heterocycles. The van der Waals surface area contributed by atoms with Gasteiger partial charge < -0.3 is 16.4 Å². The number of hydrogen-bond donors (Lipinski definition) is 3. The summed E-state index contributed by atoms with van der Waals surface area (Å²) in [7, 11) is 0. The quantitative estimate of drug-likeness (QED) is 0.644. The van der Waals surface area contributed by atoms with Gasteiger partial charge in [-0.1, -0.05) is 42.5 Å². The maximum absolute atomic E-state index is 12.0. The molecule has 0 atom stereocenters. The van der Waals surface area contributed by atoms with E-state index in [0.29, 0.717) is 18.7 Å². The Labute approximate surface area is 146 Å². The minimum absolute atomic E-state index is 0.242. The van der Waals surface area contributed by atoms with Crippen LogP contribution in [0.2, 0.25) is 0 Å². The minimum Gasteiger partial charge on any atom is -0.370 e. The lowest BCUT2D eigenvalue weighted by Gasteiger charge is -2.11. The molecule has 0 spiro atoms. The van der Waals surface area contributed by atoms with Gasteiger partial charge in [-0.25, -0.2) is 4.79 Å². The molecule has 3 amide bonds. The largest absolute Gasteiger partial charge is 0.370 e. The Hall–Kier alpha value is -2.47. The van der Waals surface area contributed by atoms with Crippen LogP contribution in [0.3, 0.4) is 0 Å². The van der Waals surface area contributed by atoms with Crippen LogP contribution in [0.25, 0.3) is 0 Å². The first-order valence-electron chi connectivity index (χ1n) is 7.74. The molecule has 0 radical (unpaired) electrons. The molecule has 24 heavy (non-hydrogen) atoms. The molecule has 2 rings (SSSR count). The van der Waals surface area contributed by atoms with Crippen LogP contribution in [0.5, 0.6) is 0 Å². The van der Waals surface area contributed by atoms with Crippen molar-refractivity contribution >= 4 is 29.4 Å². The summed E-state index contributed by atoms with van der Waals surface area (Å²) in [6, 6.07) is 17.3. The molecule has 4 N–H and O–H groups in total. The molecule has 6 heteroatoms. The number of carbonyl (C=O) groups excluding carboxylic acids is 2. The van der Waals surface area contributed by atoms with Gasteiger partial charge >= 0.3 is 6.03 Å². The molecule has 0 saturated heterocycles. The first-order valence-corrected chi connectivity index (χ1v) is 8.72. The molecule has 5 nitrogen and oxygen atoms in total. The molecule has 2 aromatic rings. The summed E-state index contributed by atoms with van der Waals surface area (Å²) < 4.78 is 0. The molecule has 0 aliphatic carbocycles. The molecule has 126 valence electrons. The molecule has 0 fully saturated rings. The van der Waals surface area contributed by atoms with Gasteiger partial charge in [0.1, 0.15) is 0 Å². The average Bonchev–Trinajstić information content (AvgIpc) is 2.57. The Morgan fingerprint density at radius 3 is 2.46 bits per heavy atom. The van der Waals surface area contributed by atoms with Gasteiger partial charge in [0.15, 0.2) is 0 Å². The fourth-order valence-electron chi connectivity index (χ4n) is 2.09. The summed E-state index contributed by atoms with van der Waals surface area (Å²) in [5, 5.41) is 5.70. The van der Waals surface area contributed by atoms with E-state index in [1.54, 1.807) is 0 Å². The van der Waals surface area contributed by atoms with Gasteiger partial charge in [-0.05, 0) is 24.1 Å². The van der Waals surface area contributed by atoms with Crippen molar-refractivity contribution in [3.63, 3.8) is 0 Å². The summed E-state index contributed by atoms with van der Waals surface area (Å²) in [4.78, 5) is 23.8. The lowest BCUT2D eigenvalue weighted by molar-refractivity contribution is -0.117. The summed E-state index contributed by atoms with van der Waals surface area (Å²) >= 11 is 1.49. The second kappa shape index (κ2) is 9.62. The normalized spacial score (nSPS) is 10.2. The van der Waals surface area contributed by atoms with Crippen LogP contribution in [-0.4, -0.2) is 24.2 Å². The third-order valence-electron chi connectivity index (χ3n) is 3.28. The minimum atomic E-state index is -0.327. The standard InChI is InChI=1S/C18H21N3O2S/c19-17(22)11-13-24-16-9-5-4-8-15(16)21-18(23)20-12-10-14-6-2-1-3-7-14/h1-9H,10-13H2,(H2,19,22)(H2,20,21,23). The Kier molecular flexibility index (Phi) is 7.17. The zero-order chi connectivity index (χ0) is 17.2. The van der Waals surface area contributed by atoms with E-state index < -0.39 is 0 Å². The van der Waals surface area contributed by atoms with Gasteiger partial charge in [0.25, 0.3) is 0 Å². The summed E-state index contributed by atoms with van der Waals surface area (Å²) in [5.74, 6) is 0.260. The predicted molar refractivity (Wildman–Crippen MR) is 98.1 cm³/mol. The number of hydrogen-bond acceptors (Lipinski definition) is 3. The van der Waals surface area contributed by atoms with Gasteiger partial charge in [0.05, 0.1) is 5.69 Å².